The van der Waals surface area contributed by atoms with Crippen molar-refractivity contribution in [2.75, 3.05) is 0 Å². The number of carbonyl (C=O) groups excluding carboxylic acids is 1. The van der Waals surface area contributed by atoms with Gasteiger partial charge in [0.2, 0.25) is 0 Å². The molecule has 2 aromatic rings. The number of Topliss-reactive ketones (excluding diaryl/α,β-unsaturated/α-hetero) is 1. The van der Waals surface area contributed by atoms with Crippen LogP contribution in [0.15, 0.2) is 18.2 Å². The molecule has 0 bridgehead atoms. The molecular formula is C10H7ClF2N2O. The standard InChI is InChI=1S/C10H7ClF2N2O/c1-5(16)6-2-3-7-8(4-6)15(10(12)13)14-9(7)11/h2-4,10H,1H3. The van der Waals surface area contributed by atoms with Crippen LogP contribution in [0.4, 0.5) is 8.78 Å². The summed E-state index contributed by atoms with van der Waals surface area (Å²) in [7, 11) is 0. The van der Waals surface area contributed by atoms with Crippen molar-refractivity contribution < 1.29 is 13.6 Å². The Morgan fingerprint density at radius 3 is 2.75 bits per heavy atom. The van der Waals surface area contributed by atoms with E-state index in [1.165, 1.54) is 25.1 Å². The van der Waals surface area contributed by atoms with Crippen LogP contribution in [0.5, 0.6) is 0 Å². The third-order valence-electron chi connectivity index (χ3n) is 2.25. The highest BCUT2D eigenvalue weighted by Gasteiger charge is 2.16. The SMILES string of the molecule is CC(=O)c1ccc2c(Cl)nn(C(F)F)c2c1. The Morgan fingerprint density at radius 2 is 2.19 bits per heavy atom. The van der Waals surface area contributed by atoms with E-state index in [-0.39, 0.29) is 16.5 Å². The average molecular weight is 245 g/mol. The van der Waals surface area contributed by atoms with Gasteiger partial charge in [-0.2, -0.15) is 13.9 Å². The third kappa shape index (κ3) is 1.67. The van der Waals surface area contributed by atoms with Crippen LogP contribution in [0.2, 0.25) is 5.15 Å². The van der Waals surface area contributed by atoms with Crippen molar-refractivity contribution in [1.29, 1.82) is 0 Å². The lowest BCUT2D eigenvalue weighted by atomic mass is 10.1. The number of hydrogen-bond donors (Lipinski definition) is 0. The summed E-state index contributed by atoms with van der Waals surface area (Å²) >= 11 is 5.70. The molecular weight excluding hydrogens is 238 g/mol. The molecule has 1 heterocycles. The Labute approximate surface area is 94.6 Å². The number of fused-ring (bicyclic) bond motifs is 1. The van der Waals surface area contributed by atoms with E-state index in [9.17, 15) is 13.6 Å². The molecule has 84 valence electrons. The number of ketones is 1. The van der Waals surface area contributed by atoms with Crippen molar-refractivity contribution in [3.8, 4) is 0 Å². The number of alkyl halides is 2. The molecule has 2 rings (SSSR count). The first-order chi connectivity index (χ1) is 7.50. The van der Waals surface area contributed by atoms with E-state index >= 15 is 0 Å². The molecule has 0 unspecified atom stereocenters. The molecule has 0 amide bonds. The van der Waals surface area contributed by atoms with Gasteiger partial charge in [0.25, 0.3) is 0 Å². The first kappa shape index (κ1) is 11.0. The minimum atomic E-state index is -2.78. The Kier molecular flexibility index (Phi) is 2.63. The van der Waals surface area contributed by atoms with E-state index in [4.69, 9.17) is 11.6 Å². The van der Waals surface area contributed by atoms with Crippen molar-refractivity contribution >= 4 is 28.3 Å². The number of nitrogens with zero attached hydrogens (tertiary/aromatic N) is 2. The zero-order valence-corrected chi connectivity index (χ0v) is 9.00. The summed E-state index contributed by atoms with van der Waals surface area (Å²) in [4.78, 5) is 11.1. The maximum absolute atomic E-state index is 12.6. The zero-order valence-electron chi connectivity index (χ0n) is 8.25. The number of aromatic nitrogens is 2. The minimum absolute atomic E-state index is 0.00500. The average Bonchev–Trinajstić information content (AvgIpc) is 2.56. The summed E-state index contributed by atoms with van der Waals surface area (Å²) in [5, 5.41) is 3.92. The van der Waals surface area contributed by atoms with E-state index in [0.29, 0.717) is 15.6 Å². The molecule has 0 spiro atoms. The first-order valence-electron chi connectivity index (χ1n) is 4.47. The van der Waals surface area contributed by atoms with Gasteiger partial charge in [0.05, 0.1) is 5.52 Å². The van der Waals surface area contributed by atoms with Gasteiger partial charge in [0.15, 0.2) is 10.9 Å². The summed E-state index contributed by atoms with van der Waals surface area (Å²) in [6.07, 6.45) is 0. The minimum Gasteiger partial charge on any atom is -0.295 e. The maximum Gasteiger partial charge on any atom is 0.333 e. The smallest absolute Gasteiger partial charge is 0.295 e. The van der Waals surface area contributed by atoms with Gasteiger partial charge in [-0.25, -0.2) is 4.68 Å². The van der Waals surface area contributed by atoms with Gasteiger partial charge >= 0.3 is 6.55 Å². The van der Waals surface area contributed by atoms with Gasteiger partial charge in [-0.05, 0) is 19.1 Å². The second kappa shape index (κ2) is 3.83. The highest BCUT2D eigenvalue weighted by atomic mass is 35.5. The molecule has 1 aromatic carbocycles. The van der Waals surface area contributed by atoms with Gasteiger partial charge in [-0.15, -0.1) is 0 Å². The fraction of sp³-hybridized carbons (Fsp3) is 0.200. The van der Waals surface area contributed by atoms with Gasteiger partial charge in [-0.1, -0.05) is 17.7 Å². The van der Waals surface area contributed by atoms with Gasteiger partial charge < -0.3 is 0 Å². The predicted molar refractivity (Wildman–Crippen MR) is 56.0 cm³/mol. The van der Waals surface area contributed by atoms with Crippen molar-refractivity contribution in [3.63, 3.8) is 0 Å². The lowest BCUT2D eigenvalue weighted by Crippen LogP contribution is -2.00. The number of benzene rings is 1. The lowest BCUT2D eigenvalue weighted by Gasteiger charge is -2.01. The topological polar surface area (TPSA) is 34.9 Å². The molecule has 0 aliphatic heterocycles. The Morgan fingerprint density at radius 1 is 1.50 bits per heavy atom. The van der Waals surface area contributed by atoms with Gasteiger partial charge in [-0.3, -0.25) is 4.79 Å². The molecule has 0 N–H and O–H groups in total. The van der Waals surface area contributed by atoms with E-state index in [1.807, 2.05) is 0 Å². The van der Waals surface area contributed by atoms with E-state index < -0.39 is 6.55 Å². The van der Waals surface area contributed by atoms with Crippen LogP contribution in [0.3, 0.4) is 0 Å². The molecule has 0 aliphatic rings. The van der Waals surface area contributed by atoms with Crippen LogP contribution in [0.1, 0.15) is 23.8 Å². The number of rotatable bonds is 2. The van der Waals surface area contributed by atoms with Crippen LogP contribution in [-0.4, -0.2) is 15.6 Å². The van der Waals surface area contributed by atoms with E-state index in [1.54, 1.807) is 0 Å². The van der Waals surface area contributed by atoms with Crippen molar-refractivity contribution in [2.24, 2.45) is 0 Å². The predicted octanol–water partition coefficient (Wildman–Crippen LogP) is 3.29. The zero-order chi connectivity index (χ0) is 11.9. The molecule has 3 nitrogen and oxygen atoms in total. The summed E-state index contributed by atoms with van der Waals surface area (Å²) in [6.45, 7) is -1.41. The molecule has 6 heteroatoms. The molecule has 0 saturated carbocycles. The Hall–Kier alpha value is -1.49. The summed E-state index contributed by atoms with van der Waals surface area (Å²) in [5.41, 5.74) is 0.513. The molecule has 0 fully saturated rings. The van der Waals surface area contributed by atoms with Crippen LogP contribution < -0.4 is 0 Å². The molecule has 0 aliphatic carbocycles. The van der Waals surface area contributed by atoms with Crippen LogP contribution >= 0.6 is 11.6 Å². The molecule has 0 radical (unpaired) electrons. The van der Waals surface area contributed by atoms with Gasteiger partial charge in [0.1, 0.15) is 0 Å². The molecule has 1 aromatic heterocycles. The maximum atomic E-state index is 12.6. The monoisotopic (exact) mass is 244 g/mol. The fourth-order valence-corrected chi connectivity index (χ4v) is 1.71. The Balaban J connectivity index is 2.74. The fourth-order valence-electron chi connectivity index (χ4n) is 1.47. The van der Waals surface area contributed by atoms with Crippen LogP contribution in [-0.2, 0) is 0 Å². The van der Waals surface area contributed by atoms with Crippen molar-refractivity contribution in [1.82, 2.24) is 9.78 Å². The Bertz CT molecular complexity index is 565. The van der Waals surface area contributed by atoms with Crippen LogP contribution in [0.25, 0.3) is 10.9 Å². The molecule has 0 atom stereocenters. The molecule has 16 heavy (non-hydrogen) atoms. The van der Waals surface area contributed by atoms with Crippen LogP contribution in [0, 0.1) is 0 Å². The summed E-state index contributed by atoms with van der Waals surface area (Å²) < 4.78 is 25.7. The number of carbonyl (C=O) groups is 1. The van der Waals surface area contributed by atoms with Gasteiger partial charge in [0, 0.05) is 10.9 Å². The highest BCUT2D eigenvalue weighted by Crippen LogP contribution is 2.27. The quantitative estimate of drug-likeness (QED) is 0.760. The third-order valence-corrected chi connectivity index (χ3v) is 2.53. The second-order valence-corrected chi connectivity index (χ2v) is 3.66. The first-order valence-corrected chi connectivity index (χ1v) is 4.85. The van der Waals surface area contributed by atoms with E-state index in [2.05, 4.69) is 5.10 Å². The summed E-state index contributed by atoms with van der Waals surface area (Å²) in [6, 6.07) is 4.41. The highest BCUT2D eigenvalue weighted by molar-refractivity contribution is 6.34. The van der Waals surface area contributed by atoms with Crippen molar-refractivity contribution in [2.45, 2.75) is 13.5 Å². The lowest BCUT2D eigenvalue weighted by molar-refractivity contribution is 0.0615. The van der Waals surface area contributed by atoms with E-state index in [0.717, 1.165) is 0 Å². The normalized spacial score (nSPS) is 11.3. The van der Waals surface area contributed by atoms with Crippen molar-refractivity contribution in [3.05, 3.63) is 28.9 Å². The second-order valence-electron chi connectivity index (χ2n) is 3.30. The number of hydrogen-bond acceptors (Lipinski definition) is 2. The molecule has 0 saturated heterocycles. The number of halogens is 3. The summed E-state index contributed by atoms with van der Waals surface area (Å²) in [5.74, 6) is -0.194. The largest absolute Gasteiger partial charge is 0.333 e.